The summed E-state index contributed by atoms with van der Waals surface area (Å²) in [5.74, 6) is 0.129. The molecule has 0 unspecified atom stereocenters. The van der Waals surface area contributed by atoms with E-state index in [1.54, 1.807) is 11.3 Å². The summed E-state index contributed by atoms with van der Waals surface area (Å²) in [4.78, 5) is 21.1. The minimum absolute atomic E-state index is 0.129. The maximum absolute atomic E-state index is 12.5. The van der Waals surface area contributed by atoms with E-state index in [0.717, 1.165) is 47.2 Å². The Morgan fingerprint density at radius 1 is 1.25 bits per heavy atom. The largest absolute Gasteiger partial charge is 0.337 e. The fraction of sp³-hybridized carbons (Fsp3) is 0.286. The average molecular weight is 303 g/mol. The molecule has 1 saturated heterocycles. The lowest BCUT2D eigenvalue weighted by molar-refractivity contribution is 0.0786. The molecule has 0 N–H and O–H groups in total. The van der Waals surface area contributed by atoms with Crippen LogP contribution in [-0.4, -0.2) is 33.3 Å². The number of aromatic nitrogens is 2. The van der Waals surface area contributed by atoms with E-state index >= 15 is 0 Å². The maximum atomic E-state index is 12.5. The van der Waals surface area contributed by atoms with Crippen molar-refractivity contribution < 1.29 is 4.79 Å². The molecule has 0 bridgehead atoms. The Balaban J connectivity index is 1.75. The lowest BCUT2D eigenvalue weighted by Gasteiger charge is -2.13. The van der Waals surface area contributed by atoms with Gasteiger partial charge in [-0.25, -0.2) is 4.98 Å². The first-order valence-corrected chi connectivity index (χ1v) is 8.38. The third-order valence-electron chi connectivity index (χ3n) is 3.60. The Bertz CT molecular complexity index is 751. The fourth-order valence-corrected chi connectivity index (χ4v) is 4.09. The molecule has 4 heterocycles. The molecule has 3 aromatic rings. The second-order valence-corrected chi connectivity index (χ2v) is 6.66. The van der Waals surface area contributed by atoms with Gasteiger partial charge >= 0.3 is 0 Å². The SMILES string of the molecule is O=C(c1csc2nc(-c3cccs3)cn12)N1CCCC1. The summed E-state index contributed by atoms with van der Waals surface area (Å²) in [5, 5.41) is 3.96. The highest BCUT2D eigenvalue weighted by Crippen LogP contribution is 2.27. The summed E-state index contributed by atoms with van der Waals surface area (Å²) in [6.07, 6.45) is 4.20. The van der Waals surface area contributed by atoms with E-state index in [0.29, 0.717) is 0 Å². The molecule has 0 aromatic carbocycles. The highest BCUT2D eigenvalue weighted by Gasteiger charge is 2.23. The fourth-order valence-electron chi connectivity index (χ4n) is 2.56. The summed E-state index contributed by atoms with van der Waals surface area (Å²) < 4.78 is 1.93. The van der Waals surface area contributed by atoms with Gasteiger partial charge in [-0.15, -0.1) is 22.7 Å². The van der Waals surface area contributed by atoms with Gasteiger partial charge < -0.3 is 4.90 Å². The van der Waals surface area contributed by atoms with E-state index in [2.05, 4.69) is 11.1 Å². The number of imidazole rings is 1. The average Bonchev–Trinajstić information content (AvgIpc) is 3.20. The maximum Gasteiger partial charge on any atom is 0.271 e. The number of hydrogen-bond acceptors (Lipinski definition) is 4. The van der Waals surface area contributed by atoms with Crippen LogP contribution >= 0.6 is 22.7 Å². The first-order chi connectivity index (χ1) is 9.83. The van der Waals surface area contributed by atoms with Crippen LogP contribution in [0.3, 0.4) is 0 Å². The molecular formula is C14H13N3OS2. The first kappa shape index (κ1) is 12.1. The predicted octanol–water partition coefficient (Wildman–Crippen LogP) is 3.36. The molecule has 1 amide bonds. The topological polar surface area (TPSA) is 37.6 Å². The van der Waals surface area contributed by atoms with Crippen molar-refractivity contribution in [3.63, 3.8) is 0 Å². The molecule has 0 radical (unpaired) electrons. The van der Waals surface area contributed by atoms with E-state index in [1.165, 1.54) is 11.3 Å². The van der Waals surface area contributed by atoms with Crippen LogP contribution in [0.15, 0.2) is 29.1 Å². The molecule has 20 heavy (non-hydrogen) atoms. The van der Waals surface area contributed by atoms with Crippen LogP contribution in [0.4, 0.5) is 0 Å². The van der Waals surface area contributed by atoms with Crippen LogP contribution in [0.1, 0.15) is 23.3 Å². The lowest BCUT2D eigenvalue weighted by atomic mass is 10.4. The molecule has 3 aromatic heterocycles. The highest BCUT2D eigenvalue weighted by molar-refractivity contribution is 7.15. The zero-order valence-electron chi connectivity index (χ0n) is 10.8. The second kappa shape index (κ2) is 4.71. The Labute approximate surface area is 124 Å². The van der Waals surface area contributed by atoms with Gasteiger partial charge in [0.25, 0.3) is 5.91 Å². The number of thiophene rings is 1. The van der Waals surface area contributed by atoms with Gasteiger partial charge in [-0.1, -0.05) is 6.07 Å². The summed E-state index contributed by atoms with van der Waals surface area (Å²) in [5.41, 5.74) is 1.68. The number of carbonyl (C=O) groups is 1. The minimum atomic E-state index is 0.129. The molecule has 0 atom stereocenters. The number of likely N-dealkylation sites (tertiary alicyclic amines) is 1. The number of rotatable bonds is 2. The third kappa shape index (κ3) is 1.87. The van der Waals surface area contributed by atoms with Crippen molar-refractivity contribution in [2.45, 2.75) is 12.8 Å². The van der Waals surface area contributed by atoms with Crippen LogP contribution in [0, 0.1) is 0 Å². The predicted molar refractivity (Wildman–Crippen MR) is 81.5 cm³/mol. The van der Waals surface area contributed by atoms with Gasteiger partial charge in [-0.05, 0) is 24.3 Å². The smallest absolute Gasteiger partial charge is 0.271 e. The number of carbonyl (C=O) groups excluding carboxylic acids is 1. The molecule has 1 aliphatic heterocycles. The van der Waals surface area contributed by atoms with E-state index < -0.39 is 0 Å². The van der Waals surface area contributed by atoms with Crippen LogP contribution < -0.4 is 0 Å². The molecule has 4 rings (SSSR count). The Kier molecular flexibility index (Phi) is 2.85. The van der Waals surface area contributed by atoms with E-state index in [9.17, 15) is 4.79 Å². The zero-order valence-corrected chi connectivity index (χ0v) is 12.4. The molecule has 0 saturated carbocycles. The summed E-state index contributed by atoms with van der Waals surface area (Å²) in [6, 6.07) is 4.07. The van der Waals surface area contributed by atoms with Crippen LogP contribution in [0.2, 0.25) is 0 Å². The van der Waals surface area contributed by atoms with Crippen molar-refractivity contribution in [2.75, 3.05) is 13.1 Å². The van der Waals surface area contributed by atoms with Gasteiger partial charge in [0.2, 0.25) is 0 Å². The first-order valence-electron chi connectivity index (χ1n) is 6.63. The van der Waals surface area contributed by atoms with Crippen molar-refractivity contribution in [1.82, 2.24) is 14.3 Å². The Hall–Kier alpha value is -1.66. The summed E-state index contributed by atoms with van der Waals surface area (Å²) in [7, 11) is 0. The number of fused-ring (bicyclic) bond motifs is 1. The Morgan fingerprint density at radius 3 is 2.85 bits per heavy atom. The van der Waals surface area contributed by atoms with Crippen molar-refractivity contribution in [3.05, 3.63) is 34.8 Å². The van der Waals surface area contributed by atoms with Gasteiger partial charge in [-0.3, -0.25) is 9.20 Å². The molecule has 1 fully saturated rings. The standard InChI is InChI=1S/C14H13N3OS2/c18-13(16-5-1-2-6-16)11-9-20-14-15-10(8-17(11)14)12-4-3-7-19-12/h3-4,7-9H,1-2,5-6H2. The van der Waals surface area contributed by atoms with Gasteiger partial charge in [-0.2, -0.15) is 0 Å². The van der Waals surface area contributed by atoms with Crippen LogP contribution in [-0.2, 0) is 0 Å². The molecule has 4 nitrogen and oxygen atoms in total. The van der Waals surface area contributed by atoms with Crippen molar-refractivity contribution in [1.29, 1.82) is 0 Å². The second-order valence-electron chi connectivity index (χ2n) is 4.88. The number of thiazole rings is 1. The molecule has 0 spiro atoms. The van der Waals surface area contributed by atoms with Crippen molar-refractivity contribution in [3.8, 4) is 10.6 Å². The Morgan fingerprint density at radius 2 is 2.10 bits per heavy atom. The lowest BCUT2D eigenvalue weighted by Crippen LogP contribution is -2.28. The minimum Gasteiger partial charge on any atom is -0.337 e. The molecule has 1 aliphatic rings. The number of nitrogens with zero attached hydrogens (tertiary/aromatic N) is 3. The van der Waals surface area contributed by atoms with Crippen molar-refractivity contribution >= 4 is 33.5 Å². The molecular weight excluding hydrogens is 290 g/mol. The molecule has 6 heteroatoms. The van der Waals surface area contributed by atoms with Gasteiger partial charge in [0.05, 0.1) is 4.88 Å². The van der Waals surface area contributed by atoms with Gasteiger partial charge in [0.1, 0.15) is 11.4 Å². The van der Waals surface area contributed by atoms with Crippen molar-refractivity contribution in [2.24, 2.45) is 0 Å². The molecule has 0 aliphatic carbocycles. The quantitative estimate of drug-likeness (QED) is 0.728. The number of amides is 1. The van der Waals surface area contributed by atoms with Crippen LogP contribution in [0.25, 0.3) is 15.5 Å². The van der Waals surface area contributed by atoms with Gasteiger partial charge in [0, 0.05) is 24.7 Å². The van der Waals surface area contributed by atoms with Gasteiger partial charge in [0.15, 0.2) is 4.96 Å². The normalized spacial score (nSPS) is 15.3. The highest BCUT2D eigenvalue weighted by atomic mass is 32.1. The molecule has 102 valence electrons. The monoisotopic (exact) mass is 303 g/mol. The van der Waals surface area contributed by atoms with E-state index in [1.807, 2.05) is 32.3 Å². The zero-order chi connectivity index (χ0) is 13.5. The number of hydrogen-bond donors (Lipinski definition) is 0. The van der Waals surface area contributed by atoms with E-state index in [4.69, 9.17) is 0 Å². The van der Waals surface area contributed by atoms with E-state index in [-0.39, 0.29) is 5.91 Å². The summed E-state index contributed by atoms with van der Waals surface area (Å²) >= 11 is 3.20. The third-order valence-corrected chi connectivity index (χ3v) is 5.33. The van der Waals surface area contributed by atoms with Crippen LogP contribution in [0.5, 0.6) is 0 Å². The summed E-state index contributed by atoms with van der Waals surface area (Å²) in [6.45, 7) is 1.76.